The van der Waals surface area contributed by atoms with Crippen LogP contribution in [0.1, 0.15) is 26.3 Å². The van der Waals surface area contributed by atoms with Gasteiger partial charge in [-0.3, -0.25) is 0 Å². The van der Waals surface area contributed by atoms with E-state index in [1.165, 1.54) is 12.1 Å². The standard InChI is InChI=1S/C18H14F5N/c1-8-7-18(2,3)24-11-5-4-9(6-10(8)11)12-13(19)15(21)17(23)16(22)14(12)20/h4-7,24H,1-3H3. The summed E-state index contributed by atoms with van der Waals surface area (Å²) in [6, 6.07) is 4.32. The minimum atomic E-state index is -2.16. The zero-order valence-corrected chi connectivity index (χ0v) is 13.2. The SMILES string of the molecule is CC1=CC(C)(C)Nc2ccc(-c3c(F)c(F)c(F)c(F)c3F)cc21. The first kappa shape index (κ1) is 16.5. The van der Waals surface area contributed by atoms with Gasteiger partial charge in [0.1, 0.15) is 0 Å². The van der Waals surface area contributed by atoms with Crippen LogP contribution >= 0.6 is 0 Å². The van der Waals surface area contributed by atoms with Crippen LogP contribution in [0.25, 0.3) is 16.7 Å². The number of hydrogen-bond donors (Lipinski definition) is 1. The van der Waals surface area contributed by atoms with Crippen molar-refractivity contribution in [3.8, 4) is 11.1 Å². The fraction of sp³-hybridized carbons (Fsp3) is 0.222. The topological polar surface area (TPSA) is 12.0 Å². The highest BCUT2D eigenvalue weighted by atomic mass is 19.2. The average molecular weight is 339 g/mol. The Morgan fingerprint density at radius 3 is 1.96 bits per heavy atom. The molecule has 1 aliphatic rings. The van der Waals surface area contributed by atoms with Gasteiger partial charge in [0, 0.05) is 11.3 Å². The molecule has 126 valence electrons. The second-order valence-corrected chi connectivity index (χ2v) is 6.38. The molecule has 0 atom stereocenters. The van der Waals surface area contributed by atoms with E-state index in [2.05, 4.69) is 5.32 Å². The highest BCUT2D eigenvalue weighted by Gasteiger charge is 2.28. The van der Waals surface area contributed by atoms with Crippen LogP contribution in [-0.2, 0) is 0 Å². The van der Waals surface area contributed by atoms with E-state index < -0.39 is 34.6 Å². The molecule has 0 unspecified atom stereocenters. The summed E-state index contributed by atoms with van der Waals surface area (Å²) in [5.41, 5.74) is 0.925. The second kappa shape index (κ2) is 5.33. The Hall–Kier alpha value is -2.37. The van der Waals surface area contributed by atoms with Crippen molar-refractivity contribution in [3.05, 3.63) is 58.9 Å². The number of anilines is 1. The molecule has 1 heterocycles. The molecule has 0 spiro atoms. The van der Waals surface area contributed by atoms with Gasteiger partial charge in [-0.15, -0.1) is 0 Å². The Morgan fingerprint density at radius 2 is 1.38 bits per heavy atom. The van der Waals surface area contributed by atoms with Crippen LogP contribution in [0.15, 0.2) is 24.3 Å². The third-order valence-electron chi connectivity index (χ3n) is 3.98. The average Bonchev–Trinajstić information content (AvgIpc) is 2.51. The van der Waals surface area contributed by atoms with Gasteiger partial charge >= 0.3 is 0 Å². The van der Waals surface area contributed by atoms with Gasteiger partial charge in [-0.25, -0.2) is 22.0 Å². The van der Waals surface area contributed by atoms with Crippen molar-refractivity contribution in [1.82, 2.24) is 0 Å². The van der Waals surface area contributed by atoms with Crippen molar-refractivity contribution in [3.63, 3.8) is 0 Å². The van der Waals surface area contributed by atoms with Crippen molar-refractivity contribution in [1.29, 1.82) is 0 Å². The van der Waals surface area contributed by atoms with Crippen LogP contribution in [0.4, 0.5) is 27.6 Å². The molecule has 0 amide bonds. The van der Waals surface area contributed by atoms with Crippen molar-refractivity contribution >= 4 is 11.3 Å². The summed E-state index contributed by atoms with van der Waals surface area (Å²) in [6.45, 7) is 5.73. The molecule has 0 fully saturated rings. The minimum absolute atomic E-state index is 0.0733. The lowest BCUT2D eigenvalue weighted by molar-refractivity contribution is 0.381. The number of halogens is 5. The molecule has 24 heavy (non-hydrogen) atoms. The highest BCUT2D eigenvalue weighted by molar-refractivity contribution is 5.84. The summed E-state index contributed by atoms with van der Waals surface area (Å²) in [5, 5.41) is 3.23. The van der Waals surface area contributed by atoms with Gasteiger partial charge in [0.25, 0.3) is 0 Å². The van der Waals surface area contributed by atoms with E-state index >= 15 is 0 Å². The summed E-state index contributed by atoms with van der Waals surface area (Å²) in [7, 11) is 0. The van der Waals surface area contributed by atoms with Crippen LogP contribution in [0, 0.1) is 29.1 Å². The van der Waals surface area contributed by atoms with Gasteiger partial charge in [-0.1, -0.05) is 12.1 Å². The van der Waals surface area contributed by atoms with Crippen molar-refractivity contribution in [2.24, 2.45) is 0 Å². The molecule has 0 bridgehead atoms. The lowest BCUT2D eigenvalue weighted by Crippen LogP contribution is -2.31. The first-order valence-electron chi connectivity index (χ1n) is 7.26. The first-order valence-corrected chi connectivity index (χ1v) is 7.26. The molecular weight excluding hydrogens is 325 g/mol. The molecule has 2 aromatic rings. The lowest BCUT2D eigenvalue weighted by atomic mass is 9.89. The van der Waals surface area contributed by atoms with Crippen LogP contribution in [0.3, 0.4) is 0 Å². The molecule has 3 rings (SSSR count). The zero-order chi connectivity index (χ0) is 17.8. The predicted molar refractivity (Wildman–Crippen MR) is 83.0 cm³/mol. The van der Waals surface area contributed by atoms with Crippen molar-refractivity contribution in [2.75, 3.05) is 5.32 Å². The summed E-state index contributed by atoms with van der Waals surface area (Å²) < 4.78 is 68.0. The number of hydrogen-bond acceptors (Lipinski definition) is 1. The van der Waals surface area contributed by atoms with Crippen LogP contribution in [0.2, 0.25) is 0 Å². The zero-order valence-electron chi connectivity index (χ0n) is 13.2. The number of allylic oxidation sites excluding steroid dienone is 1. The molecule has 0 saturated heterocycles. The molecule has 2 aromatic carbocycles. The maximum absolute atomic E-state index is 14.0. The Balaban J connectivity index is 2.23. The van der Waals surface area contributed by atoms with E-state index in [4.69, 9.17) is 0 Å². The normalized spacial score (nSPS) is 15.6. The van der Waals surface area contributed by atoms with E-state index in [0.29, 0.717) is 5.56 Å². The molecular formula is C18H14F5N. The maximum Gasteiger partial charge on any atom is 0.200 e. The lowest BCUT2D eigenvalue weighted by Gasteiger charge is -2.31. The van der Waals surface area contributed by atoms with Crippen LogP contribution in [0.5, 0.6) is 0 Å². The van der Waals surface area contributed by atoms with Gasteiger partial charge < -0.3 is 5.32 Å². The quantitative estimate of drug-likeness (QED) is 0.402. The summed E-state index contributed by atoms with van der Waals surface area (Å²) >= 11 is 0. The fourth-order valence-electron chi connectivity index (χ4n) is 3.00. The Bertz CT molecular complexity index is 854. The molecule has 0 aliphatic carbocycles. The largest absolute Gasteiger partial charge is 0.376 e. The van der Waals surface area contributed by atoms with Crippen molar-refractivity contribution in [2.45, 2.75) is 26.3 Å². The third-order valence-corrected chi connectivity index (χ3v) is 3.98. The molecule has 1 N–H and O–H groups in total. The molecule has 0 aromatic heterocycles. The van der Waals surface area contributed by atoms with Gasteiger partial charge in [0.05, 0.1) is 11.1 Å². The first-order chi connectivity index (χ1) is 11.1. The van der Waals surface area contributed by atoms with E-state index in [1.807, 2.05) is 26.8 Å². The maximum atomic E-state index is 14.0. The Morgan fingerprint density at radius 1 is 0.833 bits per heavy atom. The van der Waals surface area contributed by atoms with Crippen LogP contribution < -0.4 is 5.32 Å². The highest BCUT2D eigenvalue weighted by Crippen LogP contribution is 2.38. The summed E-state index contributed by atoms with van der Waals surface area (Å²) in [4.78, 5) is 0. The monoisotopic (exact) mass is 339 g/mol. The summed E-state index contributed by atoms with van der Waals surface area (Å²) in [6.07, 6.45) is 1.93. The van der Waals surface area contributed by atoms with Crippen LogP contribution in [-0.4, -0.2) is 5.54 Å². The van der Waals surface area contributed by atoms with Gasteiger partial charge in [0.15, 0.2) is 23.3 Å². The van der Waals surface area contributed by atoms with E-state index in [0.717, 1.165) is 11.3 Å². The second-order valence-electron chi connectivity index (χ2n) is 6.38. The van der Waals surface area contributed by atoms with Gasteiger partial charge in [-0.2, -0.15) is 0 Å². The van der Waals surface area contributed by atoms with E-state index in [-0.39, 0.29) is 11.1 Å². The minimum Gasteiger partial charge on any atom is -0.376 e. The van der Waals surface area contributed by atoms with Gasteiger partial charge in [-0.05, 0) is 44.0 Å². The van der Waals surface area contributed by atoms with E-state index in [9.17, 15) is 22.0 Å². The molecule has 1 aliphatic heterocycles. The fourth-order valence-corrected chi connectivity index (χ4v) is 3.00. The smallest absolute Gasteiger partial charge is 0.200 e. The van der Waals surface area contributed by atoms with Crippen molar-refractivity contribution < 1.29 is 22.0 Å². The number of nitrogens with one attached hydrogen (secondary N) is 1. The Kier molecular flexibility index (Phi) is 3.66. The predicted octanol–water partition coefficient (Wildman–Crippen LogP) is 5.66. The van der Waals surface area contributed by atoms with Gasteiger partial charge in [0.2, 0.25) is 5.82 Å². The number of benzene rings is 2. The summed E-state index contributed by atoms with van der Waals surface area (Å²) in [5.74, 6) is -9.73. The molecule has 1 nitrogen and oxygen atoms in total. The molecule has 0 radical (unpaired) electrons. The van der Waals surface area contributed by atoms with E-state index in [1.54, 1.807) is 6.07 Å². The molecule has 6 heteroatoms. The Labute approximate surface area is 135 Å². The number of rotatable bonds is 1. The molecule has 0 saturated carbocycles. The number of fused-ring (bicyclic) bond motifs is 1. The third kappa shape index (κ3) is 2.46.